The molecule has 4 aromatic rings. The number of carbonyl (C=O) groups is 1. The molecule has 3 N–H and O–H groups in total. The van der Waals surface area contributed by atoms with Crippen molar-refractivity contribution in [3.63, 3.8) is 0 Å². The van der Waals surface area contributed by atoms with E-state index in [4.69, 9.17) is 0 Å². The fourth-order valence-electron chi connectivity index (χ4n) is 2.89. The molecular weight excluding hydrogens is 354 g/mol. The molecule has 2 aromatic heterocycles. The number of hydrogen-bond acceptors (Lipinski definition) is 4. The van der Waals surface area contributed by atoms with Crippen molar-refractivity contribution < 1.29 is 18.3 Å². The molecule has 0 aliphatic heterocycles. The molecule has 0 saturated carbocycles. The Bertz CT molecular complexity index is 1260. The van der Waals surface area contributed by atoms with Crippen LogP contribution in [0.4, 0.5) is 5.69 Å². The van der Waals surface area contributed by atoms with Gasteiger partial charge in [0.1, 0.15) is 10.6 Å². The molecule has 0 saturated heterocycles. The molecule has 0 bridgehead atoms. The number of sulfonamides is 1. The molecule has 2 aromatic carbocycles. The maximum Gasteiger partial charge on any atom is 0.354 e. The first kappa shape index (κ1) is 16.1. The molecule has 26 heavy (non-hydrogen) atoms. The van der Waals surface area contributed by atoms with E-state index in [9.17, 15) is 18.3 Å². The summed E-state index contributed by atoms with van der Waals surface area (Å²) in [6.45, 7) is 0. The summed E-state index contributed by atoms with van der Waals surface area (Å²) in [5, 5.41) is 10.6. The zero-order valence-corrected chi connectivity index (χ0v) is 14.1. The van der Waals surface area contributed by atoms with Gasteiger partial charge in [0.05, 0.1) is 11.2 Å². The fourth-order valence-corrected chi connectivity index (χ4v) is 4.16. The number of aromatic nitrogens is 2. The summed E-state index contributed by atoms with van der Waals surface area (Å²) in [6, 6.07) is 15.1. The highest BCUT2D eigenvalue weighted by Crippen LogP contribution is 2.31. The monoisotopic (exact) mass is 367 g/mol. The van der Waals surface area contributed by atoms with Crippen molar-refractivity contribution in [2.45, 2.75) is 4.90 Å². The molecule has 0 fully saturated rings. The number of anilines is 1. The highest BCUT2D eigenvalue weighted by Gasteiger charge is 2.24. The van der Waals surface area contributed by atoms with Crippen molar-refractivity contribution in [2.24, 2.45) is 0 Å². The number of H-pyrrole nitrogens is 1. The molecule has 0 aliphatic rings. The number of carboxylic acids is 1. The number of nitrogens with one attached hydrogen (secondary N) is 2. The number of nitrogens with zero attached hydrogens (tertiary/aromatic N) is 1. The molecule has 4 rings (SSSR count). The number of benzene rings is 2. The Morgan fingerprint density at radius 3 is 2.62 bits per heavy atom. The number of aromatic carboxylic acids is 1. The Morgan fingerprint density at radius 2 is 1.81 bits per heavy atom. The molecule has 2 heterocycles. The first-order chi connectivity index (χ1) is 12.5. The summed E-state index contributed by atoms with van der Waals surface area (Å²) < 4.78 is 28.4. The van der Waals surface area contributed by atoms with Crippen LogP contribution in [0.1, 0.15) is 10.5 Å². The van der Waals surface area contributed by atoms with E-state index in [-0.39, 0.29) is 16.3 Å². The third kappa shape index (κ3) is 2.56. The van der Waals surface area contributed by atoms with Gasteiger partial charge in [0, 0.05) is 22.5 Å². The maximum absolute atomic E-state index is 13.0. The predicted octanol–water partition coefficient (Wildman–Crippen LogP) is 3.22. The van der Waals surface area contributed by atoms with Crippen molar-refractivity contribution >= 4 is 43.5 Å². The average Bonchev–Trinajstić information content (AvgIpc) is 2.99. The lowest BCUT2D eigenvalue weighted by molar-refractivity contribution is 0.0692. The van der Waals surface area contributed by atoms with Crippen LogP contribution in [0.5, 0.6) is 0 Å². The lowest BCUT2D eigenvalue weighted by Crippen LogP contribution is -2.15. The zero-order chi connectivity index (χ0) is 18.3. The second kappa shape index (κ2) is 5.85. The van der Waals surface area contributed by atoms with E-state index in [0.717, 1.165) is 0 Å². The third-order valence-corrected chi connectivity index (χ3v) is 5.42. The average molecular weight is 367 g/mol. The molecule has 130 valence electrons. The summed E-state index contributed by atoms with van der Waals surface area (Å²) in [4.78, 5) is 18.4. The Hall–Kier alpha value is -3.39. The first-order valence-corrected chi connectivity index (χ1v) is 9.16. The summed E-state index contributed by atoms with van der Waals surface area (Å²) in [7, 11) is -4.05. The van der Waals surface area contributed by atoms with Crippen molar-refractivity contribution in [1.82, 2.24) is 9.97 Å². The number of rotatable bonds is 4. The van der Waals surface area contributed by atoms with Crippen molar-refractivity contribution in [3.8, 4) is 0 Å². The van der Waals surface area contributed by atoms with E-state index in [1.807, 2.05) is 0 Å². The minimum atomic E-state index is -4.05. The van der Waals surface area contributed by atoms with Crippen LogP contribution in [0, 0.1) is 0 Å². The number of para-hydroxylation sites is 2. The van der Waals surface area contributed by atoms with Crippen LogP contribution < -0.4 is 4.72 Å². The van der Waals surface area contributed by atoms with E-state index < -0.39 is 16.0 Å². The van der Waals surface area contributed by atoms with Gasteiger partial charge in [0.2, 0.25) is 0 Å². The third-order valence-electron chi connectivity index (χ3n) is 4.04. The van der Waals surface area contributed by atoms with Gasteiger partial charge in [-0.2, -0.15) is 0 Å². The normalized spacial score (nSPS) is 11.7. The number of fused-ring (bicyclic) bond motifs is 2. The van der Waals surface area contributed by atoms with Gasteiger partial charge in [-0.3, -0.25) is 9.71 Å². The number of carboxylic acid groups (broad SMARTS) is 1. The topological polar surface area (TPSA) is 112 Å². The van der Waals surface area contributed by atoms with E-state index in [0.29, 0.717) is 21.8 Å². The van der Waals surface area contributed by atoms with Crippen LogP contribution in [0.15, 0.2) is 65.7 Å². The summed E-state index contributed by atoms with van der Waals surface area (Å²) in [5.41, 5.74) is 0.627. The van der Waals surface area contributed by atoms with E-state index in [1.165, 1.54) is 12.3 Å². The van der Waals surface area contributed by atoms with Crippen LogP contribution in [-0.2, 0) is 10.0 Å². The highest BCUT2D eigenvalue weighted by molar-refractivity contribution is 7.93. The van der Waals surface area contributed by atoms with Gasteiger partial charge in [-0.1, -0.05) is 36.4 Å². The highest BCUT2D eigenvalue weighted by atomic mass is 32.2. The summed E-state index contributed by atoms with van der Waals surface area (Å²) >= 11 is 0. The molecule has 7 nitrogen and oxygen atoms in total. The number of hydrogen-bond donors (Lipinski definition) is 3. The first-order valence-electron chi connectivity index (χ1n) is 7.68. The summed E-state index contributed by atoms with van der Waals surface area (Å²) in [5.74, 6) is -1.25. The van der Waals surface area contributed by atoms with Gasteiger partial charge in [0.25, 0.3) is 10.0 Å². The molecule has 8 heteroatoms. The largest absolute Gasteiger partial charge is 0.477 e. The molecule has 0 spiro atoms. The zero-order valence-electron chi connectivity index (χ0n) is 13.3. The second-order valence-electron chi connectivity index (χ2n) is 5.66. The van der Waals surface area contributed by atoms with Crippen molar-refractivity contribution in [3.05, 3.63) is 66.5 Å². The van der Waals surface area contributed by atoms with E-state index in [2.05, 4.69) is 14.7 Å². The molecule has 0 aliphatic carbocycles. The van der Waals surface area contributed by atoms with Gasteiger partial charge < -0.3 is 10.1 Å². The molecule has 0 unspecified atom stereocenters. The Labute approximate surface area is 148 Å². The molecular formula is C18H13N3O4S. The molecule has 0 atom stereocenters. The quantitative estimate of drug-likeness (QED) is 0.513. The van der Waals surface area contributed by atoms with Gasteiger partial charge >= 0.3 is 5.97 Å². The number of aromatic amines is 1. The number of pyridine rings is 1. The predicted molar refractivity (Wildman–Crippen MR) is 97.8 cm³/mol. The van der Waals surface area contributed by atoms with Crippen LogP contribution >= 0.6 is 0 Å². The van der Waals surface area contributed by atoms with E-state index in [1.54, 1.807) is 48.5 Å². The molecule has 0 amide bonds. The smallest absolute Gasteiger partial charge is 0.354 e. The van der Waals surface area contributed by atoms with Crippen LogP contribution in [-0.4, -0.2) is 29.5 Å². The van der Waals surface area contributed by atoms with Gasteiger partial charge in [0.15, 0.2) is 0 Å². The van der Waals surface area contributed by atoms with Crippen molar-refractivity contribution in [2.75, 3.05) is 4.72 Å². The Balaban J connectivity index is 1.90. The second-order valence-corrected chi connectivity index (χ2v) is 7.31. The standard InChI is InChI=1S/C18H13N3O4S/c22-18(23)17-16(12-7-1-2-8-13(12)20-17)21-26(24,25)14-9-3-5-11-6-4-10-19-15(11)14/h1-10,20-21H,(H,22,23). The van der Waals surface area contributed by atoms with Gasteiger partial charge in [-0.25, -0.2) is 13.2 Å². The van der Waals surface area contributed by atoms with E-state index >= 15 is 0 Å². The maximum atomic E-state index is 13.0. The lowest BCUT2D eigenvalue weighted by atomic mass is 10.2. The Morgan fingerprint density at radius 1 is 1.04 bits per heavy atom. The van der Waals surface area contributed by atoms with Gasteiger partial charge in [-0.15, -0.1) is 0 Å². The minimum absolute atomic E-state index is 0.000958. The fraction of sp³-hybridized carbons (Fsp3) is 0. The van der Waals surface area contributed by atoms with Crippen LogP contribution in [0.3, 0.4) is 0 Å². The SMILES string of the molecule is O=C(O)c1[nH]c2ccccc2c1NS(=O)(=O)c1cccc2cccnc12. The van der Waals surface area contributed by atoms with Crippen molar-refractivity contribution in [1.29, 1.82) is 0 Å². The van der Waals surface area contributed by atoms with Gasteiger partial charge in [-0.05, 0) is 18.2 Å². The minimum Gasteiger partial charge on any atom is -0.477 e. The van der Waals surface area contributed by atoms with Crippen LogP contribution in [0.25, 0.3) is 21.8 Å². The van der Waals surface area contributed by atoms with Crippen LogP contribution in [0.2, 0.25) is 0 Å². The molecule has 0 radical (unpaired) electrons. The lowest BCUT2D eigenvalue weighted by Gasteiger charge is -2.10. The Kier molecular flexibility index (Phi) is 3.62. The summed E-state index contributed by atoms with van der Waals surface area (Å²) in [6.07, 6.45) is 1.51.